The molecule has 0 saturated carbocycles. The number of carbonyl (C=O) groups excluding carboxylic acids is 1. The Morgan fingerprint density at radius 2 is 1.22 bits per heavy atom. The van der Waals surface area contributed by atoms with Crippen molar-refractivity contribution in [3.63, 3.8) is 0 Å². The van der Waals surface area contributed by atoms with Gasteiger partial charge in [0.1, 0.15) is 5.75 Å². The van der Waals surface area contributed by atoms with E-state index in [1.54, 1.807) is 24.3 Å². The van der Waals surface area contributed by atoms with E-state index in [1.807, 2.05) is 24.3 Å². The summed E-state index contributed by atoms with van der Waals surface area (Å²) >= 11 is 0. The van der Waals surface area contributed by atoms with Gasteiger partial charge in [0.2, 0.25) is 5.82 Å². The number of halogens is 2. The maximum Gasteiger partial charge on any atom is 0.343 e. The SMILES string of the molecule is CCCCCCCCCc1ccc(OC(=O)c2ccc(-c3ccc(OCCCCCCCC)c(F)c3F)cc2)cc1. The average Bonchev–Trinajstić information content (AvgIpc) is 2.99. The van der Waals surface area contributed by atoms with Crippen LogP contribution in [0.5, 0.6) is 11.5 Å². The Labute approximate surface area is 245 Å². The number of rotatable bonds is 19. The molecule has 0 atom stereocenters. The normalized spacial score (nSPS) is 11.0. The van der Waals surface area contributed by atoms with Crippen molar-refractivity contribution in [3.8, 4) is 22.6 Å². The molecule has 5 heteroatoms. The number of ether oxygens (including phenoxy) is 2. The van der Waals surface area contributed by atoms with Crippen LogP contribution in [0.25, 0.3) is 11.1 Å². The minimum atomic E-state index is -0.993. The fourth-order valence-electron chi connectivity index (χ4n) is 4.89. The van der Waals surface area contributed by atoms with Gasteiger partial charge in [0.15, 0.2) is 11.6 Å². The highest BCUT2D eigenvalue weighted by molar-refractivity contribution is 5.91. The van der Waals surface area contributed by atoms with Crippen molar-refractivity contribution in [2.75, 3.05) is 6.61 Å². The number of esters is 1. The molecular formula is C36H46F2O3. The van der Waals surface area contributed by atoms with Gasteiger partial charge in [-0.25, -0.2) is 9.18 Å². The highest BCUT2D eigenvalue weighted by Gasteiger charge is 2.17. The van der Waals surface area contributed by atoms with Crippen LogP contribution in [-0.4, -0.2) is 12.6 Å². The second-order valence-corrected chi connectivity index (χ2v) is 10.8. The first-order valence-electron chi connectivity index (χ1n) is 15.6. The van der Waals surface area contributed by atoms with Gasteiger partial charge >= 0.3 is 5.97 Å². The van der Waals surface area contributed by atoms with Crippen LogP contribution in [0.3, 0.4) is 0 Å². The van der Waals surface area contributed by atoms with Crippen molar-refractivity contribution in [1.82, 2.24) is 0 Å². The van der Waals surface area contributed by atoms with Gasteiger partial charge in [-0.3, -0.25) is 0 Å². The monoisotopic (exact) mass is 564 g/mol. The van der Waals surface area contributed by atoms with Gasteiger partial charge in [0.05, 0.1) is 12.2 Å². The van der Waals surface area contributed by atoms with Crippen LogP contribution in [0, 0.1) is 11.6 Å². The van der Waals surface area contributed by atoms with Crippen molar-refractivity contribution >= 4 is 5.97 Å². The third-order valence-electron chi connectivity index (χ3n) is 7.44. The zero-order valence-corrected chi connectivity index (χ0v) is 24.9. The third-order valence-corrected chi connectivity index (χ3v) is 7.44. The fourth-order valence-corrected chi connectivity index (χ4v) is 4.89. The van der Waals surface area contributed by atoms with Crippen molar-refractivity contribution < 1.29 is 23.0 Å². The lowest BCUT2D eigenvalue weighted by Gasteiger charge is -2.11. The van der Waals surface area contributed by atoms with Crippen LogP contribution in [0.2, 0.25) is 0 Å². The second-order valence-electron chi connectivity index (χ2n) is 10.8. The lowest BCUT2D eigenvalue weighted by Crippen LogP contribution is -2.08. The molecule has 3 aromatic carbocycles. The molecule has 41 heavy (non-hydrogen) atoms. The van der Waals surface area contributed by atoms with E-state index in [0.29, 0.717) is 23.5 Å². The molecule has 0 aliphatic carbocycles. The quantitative estimate of drug-likeness (QED) is 0.0825. The van der Waals surface area contributed by atoms with E-state index in [9.17, 15) is 13.6 Å². The van der Waals surface area contributed by atoms with Crippen molar-refractivity contribution in [1.29, 1.82) is 0 Å². The molecule has 0 radical (unpaired) electrons. The minimum absolute atomic E-state index is 0.0755. The summed E-state index contributed by atoms with van der Waals surface area (Å²) in [6.45, 7) is 4.77. The Kier molecular flexibility index (Phi) is 14.4. The standard InChI is InChI=1S/C36H46F2O3/c1-3-5-7-9-11-12-14-16-28-17-23-31(24-18-28)41-36(39)30-21-19-29(20-22-30)32-25-26-33(35(38)34(32)37)40-27-15-13-10-8-6-4-2/h17-26H,3-16,27H2,1-2H3. The van der Waals surface area contributed by atoms with E-state index in [-0.39, 0.29) is 11.3 Å². The molecule has 0 saturated heterocycles. The molecule has 0 bridgehead atoms. The Hall–Kier alpha value is -3.21. The summed E-state index contributed by atoms with van der Waals surface area (Å²) in [6.07, 6.45) is 16.5. The van der Waals surface area contributed by atoms with Crippen LogP contribution in [0.1, 0.15) is 113 Å². The maximum absolute atomic E-state index is 14.9. The highest BCUT2D eigenvalue weighted by Crippen LogP contribution is 2.30. The molecular weight excluding hydrogens is 518 g/mol. The number of benzene rings is 3. The van der Waals surface area contributed by atoms with Crippen LogP contribution >= 0.6 is 0 Å². The first kappa shape index (κ1) is 32.3. The lowest BCUT2D eigenvalue weighted by molar-refractivity contribution is 0.0734. The molecule has 0 fully saturated rings. The van der Waals surface area contributed by atoms with Crippen molar-refractivity contribution in [3.05, 3.63) is 83.4 Å². The van der Waals surface area contributed by atoms with E-state index < -0.39 is 17.6 Å². The molecule has 3 nitrogen and oxygen atoms in total. The molecule has 0 amide bonds. The number of unbranched alkanes of at least 4 members (excludes halogenated alkanes) is 11. The predicted octanol–water partition coefficient (Wildman–Crippen LogP) is 10.9. The van der Waals surface area contributed by atoms with Gasteiger partial charge in [-0.1, -0.05) is 109 Å². The Morgan fingerprint density at radius 1 is 0.634 bits per heavy atom. The second kappa shape index (κ2) is 18.3. The van der Waals surface area contributed by atoms with E-state index in [1.165, 1.54) is 75.5 Å². The van der Waals surface area contributed by atoms with Gasteiger partial charge in [-0.2, -0.15) is 4.39 Å². The number of hydrogen-bond donors (Lipinski definition) is 0. The molecule has 0 aromatic heterocycles. The maximum atomic E-state index is 14.9. The zero-order chi connectivity index (χ0) is 29.3. The number of aryl methyl sites for hydroxylation is 1. The third kappa shape index (κ3) is 10.9. The predicted molar refractivity (Wildman–Crippen MR) is 164 cm³/mol. The summed E-state index contributed by atoms with van der Waals surface area (Å²) in [4.78, 5) is 12.7. The largest absolute Gasteiger partial charge is 0.490 e. The summed E-state index contributed by atoms with van der Waals surface area (Å²) < 4.78 is 40.5. The van der Waals surface area contributed by atoms with E-state index in [0.717, 1.165) is 32.1 Å². The summed E-state index contributed by atoms with van der Waals surface area (Å²) in [5.74, 6) is -2.05. The molecule has 0 spiro atoms. The highest BCUT2D eigenvalue weighted by atomic mass is 19.2. The molecule has 0 unspecified atom stereocenters. The molecule has 222 valence electrons. The summed E-state index contributed by atoms with van der Waals surface area (Å²) in [6, 6.07) is 16.9. The average molecular weight is 565 g/mol. The van der Waals surface area contributed by atoms with Gasteiger partial charge in [0.25, 0.3) is 0 Å². The van der Waals surface area contributed by atoms with Crippen LogP contribution < -0.4 is 9.47 Å². The lowest BCUT2D eigenvalue weighted by atomic mass is 10.0. The Balaban J connectivity index is 1.47. The van der Waals surface area contributed by atoms with Gasteiger partial charge in [-0.15, -0.1) is 0 Å². The number of hydrogen-bond acceptors (Lipinski definition) is 3. The smallest absolute Gasteiger partial charge is 0.343 e. The van der Waals surface area contributed by atoms with Crippen LogP contribution in [0.15, 0.2) is 60.7 Å². The van der Waals surface area contributed by atoms with Gasteiger partial charge in [-0.05, 0) is 66.8 Å². The van der Waals surface area contributed by atoms with E-state index >= 15 is 0 Å². The van der Waals surface area contributed by atoms with E-state index in [2.05, 4.69) is 13.8 Å². The Morgan fingerprint density at radius 3 is 1.85 bits per heavy atom. The molecule has 0 aliphatic rings. The fraction of sp³-hybridized carbons (Fsp3) is 0.472. The van der Waals surface area contributed by atoms with Gasteiger partial charge < -0.3 is 9.47 Å². The topological polar surface area (TPSA) is 35.5 Å². The minimum Gasteiger partial charge on any atom is -0.490 e. The zero-order valence-electron chi connectivity index (χ0n) is 24.9. The molecule has 3 rings (SSSR count). The van der Waals surface area contributed by atoms with E-state index in [4.69, 9.17) is 9.47 Å². The first-order valence-corrected chi connectivity index (χ1v) is 15.6. The van der Waals surface area contributed by atoms with Crippen molar-refractivity contribution in [2.45, 2.75) is 104 Å². The summed E-state index contributed by atoms with van der Waals surface area (Å²) in [7, 11) is 0. The molecule has 0 heterocycles. The van der Waals surface area contributed by atoms with Crippen LogP contribution in [-0.2, 0) is 6.42 Å². The molecule has 3 aromatic rings. The summed E-state index contributed by atoms with van der Waals surface area (Å²) in [5, 5.41) is 0. The summed E-state index contributed by atoms with van der Waals surface area (Å²) in [5.41, 5.74) is 2.15. The first-order chi connectivity index (χ1) is 20.0. The van der Waals surface area contributed by atoms with Crippen molar-refractivity contribution in [2.24, 2.45) is 0 Å². The molecule has 0 aliphatic heterocycles. The number of carbonyl (C=O) groups is 1. The Bertz CT molecular complexity index is 1170. The molecule has 0 N–H and O–H groups in total. The van der Waals surface area contributed by atoms with Gasteiger partial charge in [0, 0.05) is 5.56 Å². The van der Waals surface area contributed by atoms with Crippen LogP contribution in [0.4, 0.5) is 8.78 Å².